The average Bonchev–Trinajstić information content (AvgIpc) is 2.59. The summed E-state index contributed by atoms with van der Waals surface area (Å²) in [5.74, 6) is 0.966. The van der Waals surface area contributed by atoms with Gasteiger partial charge in [-0.15, -0.1) is 0 Å². The highest BCUT2D eigenvalue weighted by Gasteiger charge is 2.30. The molecule has 1 aliphatic heterocycles. The molecular weight excluding hydrogens is 200 g/mol. The molecular formula is C9H18N2O2S. The molecule has 0 aromatic rings. The largest absolute Gasteiger partial charge is 0.379 e. The van der Waals surface area contributed by atoms with Crippen LogP contribution in [0.1, 0.15) is 6.42 Å². The molecule has 0 aromatic carbocycles. The van der Waals surface area contributed by atoms with Crippen molar-refractivity contribution >= 4 is 17.7 Å². The molecule has 5 heteroatoms. The van der Waals surface area contributed by atoms with Gasteiger partial charge < -0.3 is 15.8 Å². The molecule has 1 heterocycles. The number of rotatable bonds is 5. The third-order valence-electron chi connectivity index (χ3n) is 2.29. The number of hydrogen-bond acceptors (Lipinski definition) is 4. The minimum Gasteiger partial charge on any atom is -0.379 e. The van der Waals surface area contributed by atoms with Gasteiger partial charge in [-0.2, -0.15) is 11.8 Å². The van der Waals surface area contributed by atoms with Crippen LogP contribution in [0.2, 0.25) is 0 Å². The molecule has 1 rings (SSSR count). The number of nitrogens with two attached hydrogens (primary N) is 1. The lowest BCUT2D eigenvalue weighted by atomic mass is 10.0. The monoisotopic (exact) mass is 218 g/mol. The number of ether oxygens (including phenoxy) is 1. The number of hydrogen-bond donors (Lipinski definition) is 2. The third-order valence-corrected chi connectivity index (χ3v) is 2.98. The first-order valence-corrected chi connectivity index (χ1v) is 6.25. The molecule has 2 atom stereocenters. The van der Waals surface area contributed by atoms with Crippen molar-refractivity contribution in [2.24, 2.45) is 11.7 Å². The van der Waals surface area contributed by atoms with Gasteiger partial charge in [-0.25, -0.2) is 0 Å². The Morgan fingerprint density at radius 3 is 3.00 bits per heavy atom. The van der Waals surface area contributed by atoms with Gasteiger partial charge in [-0.3, -0.25) is 4.79 Å². The van der Waals surface area contributed by atoms with Crippen LogP contribution in [0.4, 0.5) is 0 Å². The standard InChI is InChI=1S/C9H18N2O2S/c1-14-4-2-3-11-9(12)7-5-13-6-8(7)10/h7-8H,2-6,10H2,1H3,(H,11,12). The van der Waals surface area contributed by atoms with E-state index in [4.69, 9.17) is 10.5 Å². The Balaban J connectivity index is 2.14. The third kappa shape index (κ3) is 3.48. The zero-order valence-corrected chi connectivity index (χ0v) is 9.31. The molecule has 4 nitrogen and oxygen atoms in total. The molecule has 0 saturated carbocycles. The van der Waals surface area contributed by atoms with Gasteiger partial charge in [0.2, 0.25) is 5.91 Å². The molecule has 1 amide bonds. The average molecular weight is 218 g/mol. The maximum absolute atomic E-state index is 11.5. The Bertz CT molecular complexity index is 190. The van der Waals surface area contributed by atoms with Gasteiger partial charge in [-0.05, 0) is 18.4 Å². The summed E-state index contributed by atoms with van der Waals surface area (Å²) in [5.41, 5.74) is 5.72. The fourth-order valence-corrected chi connectivity index (χ4v) is 1.83. The van der Waals surface area contributed by atoms with Gasteiger partial charge in [0.1, 0.15) is 0 Å². The predicted molar refractivity (Wildman–Crippen MR) is 58.3 cm³/mol. The molecule has 1 saturated heterocycles. The van der Waals surface area contributed by atoms with E-state index in [0.717, 1.165) is 18.7 Å². The summed E-state index contributed by atoms with van der Waals surface area (Å²) in [6.45, 7) is 1.71. The van der Waals surface area contributed by atoms with E-state index in [2.05, 4.69) is 11.6 Å². The van der Waals surface area contributed by atoms with Crippen molar-refractivity contribution in [3.8, 4) is 0 Å². The molecule has 2 unspecified atom stereocenters. The number of amides is 1. The summed E-state index contributed by atoms with van der Waals surface area (Å²) in [6, 6.07) is -0.129. The van der Waals surface area contributed by atoms with E-state index in [9.17, 15) is 4.79 Å². The Morgan fingerprint density at radius 1 is 1.64 bits per heavy atom. The second-order valence-electron chi connectivity index (χ2n) is 3.45. The maximum atomic E-state index is 11.5. The lowest BCUT2D eigenvalue weighted by Crippen LogP contribution is -2.41. The van der Waals surface area contributed by atoms with Gasteiger partial charge in [0.25, 0.3) is 0 Å². The Hall–Kier alpha value is -0.260. The number of carbonyl (C=O) groups is 1. The van der Waals surface area contributed by atoms with Crippen LogP contribution in [-0.2, 0) is 9.53 Å². The first kappa shape index (κ1) is 11.8. The van der Waals surface area contributed by atoms with Crippen LogP contribution in [-0.4, -0.2) is 43.7 Å². The number of nitrogens with one attached hydrogen (secondary N) is 1. The van der Waals surface area contributed by atoms with Crippen LogP contribution >= 0.6 is 11.8 Å². The van der Waals surface area contributed by atoms with Crippen LogP contribution in [0.5, 0.6) is 0 Å². The Morgan fingerprint density at radius 2 is 2.43 bits per heavy atom. The molecule has 1 aliphatic rings. The van der Waals surface area contributed by atoms with Gasteiger partial charge in [0, 0.05) is 12.6 Å². The molecule has 0 bridgehead atoms. The highest BCUT2D eigenvalue weighted by molar-refractivity contribution is 7.98. The predicted octanol–water partition coefficient (Wildman–Crippen LogP) is -0.171. The highest BCUT2D eigenvalue weighted by Crippen LogP contribution is 2.11. The second kappa shape index (κ2) is 6.27. The number of thioether (sulfide) groups is 1. The van der Waals surface area contributed by atoms with Gasteiger partial charge in [-0.1, -0.05) is 0 Å². The van der Waals surface area contributed by atoms with Crippen LogP contribution in [0, 0.1) is 5.92 Å². The SMILES string of the molecule is CSCCCNC(=O)C1COCC1N. The second-order valence-corrected chi connectivity index (χ2v) is 4.43. The molecule has 82 valence electrons. The summed E-state index contributed by atoms with van der Waals surface area (Å²) >= 11 is 1.79. The summed E-state index contributed by atoms with van der Waals surface area (Å²) in [6.07, 6.45) is 3.07. The minimum atomic E-state index is -0.149. The van der Waals surface area contributed by atoms with E-state index in [1.165, 1.54) is 0 Å². The van der Waals surface area contributed by atoms with E-state index in [1.807, 2.05) is 0 Å². The fraction of sp³-hybridized carbons (Fsp3) is 0.889. The first-order chi connectivity index (χ1) is 6.75. The Labute approximate surface area is 88.9 Å². The smallest absolute Gasteiger partial charge is 0.227 e. The maximum Gasteiger partial charge on any atom is 0.227 e. The fourth-order valence-electron chi connectivity index (χ4n) is 1.40. The van der Waals surface area contributed by atoms with Crippen LogP contribution in [0.25, 0.3) is 0 Å². The van der Waals surface area contributed by atoms with Crippen LogP contribution in [0.15, 0.2) is 0 Å². The first-order valence-electron chi connectivity index (χ1n) is 4.85. The normalized spacial score (nSPS) is 26.4. The van der Waals surface area contributed by atoms with Crippen molar-refractivity contribution in [3.05, 3.63) is 0 Å². The molecule has 14 heavy (non-hydrogen) atoms. The molecule has 0 aliphatic carbocycles. The zero-order chi connectivity index (χ0) is 10.4. The van der Waals surface area contributed by atoms with E-state index in [1.54, 1.807) is 11.8 Å². The molecule has 0 radical (unpaired) electrons. The van der Waals surface area contributed by atoms with Crippen molar-refractivity contribution in [2.75, 3.05) is 31.8 Å². The van der Waals surface area contributed by atoms with Crippen molar-refractivity contribution in [1.82, 2.24) is 5.32 Å². The van der Waals surface area contributed by atoms with Gasteiger partial charge >= 0.3 is 0 Å². The summed E-state index contributed by atoms with van der Waals surface area (Å²) in [4.78, 5) is 11.5. The van der Waals surface area contributed by atoms with Crippen molar-refractivity contribution in [2.45, 2.75) is 12.5 Å². The Kier molecular flexibility index (Phi) is 5.29. The summed E-state index contributed by atoms with van der Waals surface area (Å²) < 4.78 is 5.13. The summed E-state index contributed by atoms with van der Waals surface area (Å²) in [7, 11) is 0. The van der Waals surface area contributed by atoms with E-state index in [-0.39, 0.29) is 17.9 Å². The summed E-state index contributed by atoms with van der Waals surface area (Å²) in [5, 5.41) is 2.88. The van der Waals surface area contributed by atoms with Gasteiger partial charge in [0.05, 0.1) is 19.1 Å². The van der Waals surface area contributed by atoms with Crippen molar-refractivity contribution in [1.29, 1.82) is 0 Å². The lowest BCUT2D eigenvalue weighted by molar-refractivity contribution is -0.125. The highest BCUT2D eigenvalue weighted by atomic mass is 32.2. The molecule has 3 N–H and O–H groups in total. The van der Waals surface area contributed by atoms with Crippen molar-refractivity contribution < 1.29 is 9.53 Å². The minimum absolute atomic E-state index is 0.0381. The zero-order valence-electron chi connectivity index (χ0n) is 8.49. The van der Waals surface area contributed by atoms with E-state index in [0.29, 0.717) is 13.2 Å². The van der Waals surface area contributed by atoms with E-state index >= 15 is 0 Å². The van der Waals surface area contributed by atoms with Gasteiger partial charge in [0.15, 0.2) is 0 Å². The van der Waals surface area contributed by atoms with Crippen LogP contribution in [0.3, 0.4) is 0 Å². The molecule has 1 fully saturated rings. The lowest BCUT2D eigenvalue weighted by Gasteiger charge is -2.12. The quantitative estimate of drug-likeness (QED) is 0.629. The molecule has 0 aromatic heterocycles. The van der Waals surface area contributed by atoms with E-state index < -0.39 is 0 Å². The topological polar surface area (TPSA) is 64.3 Å². The van der Waals surface area contributed by atoms with Crippen molar-refractivity contribution in [3.63, 3.8) is 0 Å². The number of carbonyl (C=O) groups excluding carboxylic acids is 1. The van der Waals surface area contributed by atoms with Crippen LogP contribution < -0.4 is 11.1 Å². The molecule has 0 spiro atoms.